The SMILES string of the molecule is Clc1cccc(Cl)c1Cc1cccc2ccsc12. The van der Waals surface area contributed by atoms with Crippen LogP contribution in [0.4, 0.5) is 0 Å². The maximum atomic E-state index is 6.22. The van der Waals surface area contributed by atoms with Crippen LogP contribution in [-0.2, 0) is 6.42 Å². The van der Waals surface area contributed by atoms with Gasteiger partial charge in [0.2, 0.25) is 0 Å². The number of halogens is 2. The Morgan fingerprint density at radius 3 is 2.39 bits per heavy atom. The number of benzene rings is 2. The van der Waals surface area contributed by atoms with Gasteiger partial charge in [0.1, 0.15) is 0 Å². The van der Waals surface area contributed by atoms with Gasteiger partial charge in [-0.05, 0) is 40.1 Å². The molecule has 0 aliphatic heterocycles. The zero-order valence-electron chi connectivity index (χ0n) is 9.49. The summed E-state index contributed by atoms with van der Waals surface area (Å²) in [5.41, 5.74) is 2.28. The van der Waals surface area contributed by atoms with Crippen molar-refractivity contribution in [1.82, 2.24) is 0 Å². The molecule has 3 heteroatoms. The molecule has 0 bridgehead atoms. The molecule has 1 heterocycles. The van der Waals surface area contributed by atoms with Crippen LogP contribution in [0.2, 0.25) is 10.0 Å². The normalized spacial score (nSPS) is 11.0. The smallest absolute Gasteiger partial charge is 0.0456 e. The largest absolute Gasteiger partial charge is 0.144 e. The van der Waals surface area contributed by atoms with Gasteiger partial charge in [0.25, 0.3) is 0 Å². The Hall–Kier alpha value is -1.02. The Kier molecular flexibility index (Phi) is 3.29. The summed E-state index contributed by atoms with van der Waals surface area (Å²) < 4.78 is 1.31. The first-order valence-corrected chi connectivity index (χ1v) is 7.27. The van der Waals surface area contributed by atoms with Crippen molar-refractivity contribution < 1.29 is 0 Å². The fourth-order valence-electron chi connectivity index (χ4n) is 2.09. The Morgan fingerprint density at radius 1 is 0.889 bits per heavy atom. The highest BCUT2D eigenvalue weighted by atomic mass is 35.5. The van der Waals surface area contributed by atoms with Crippen LogP contribution in [0.5, 0.6) is 0 Å². The molecule has 0 amide bonds. The van der Waals surface area contributed by atoms with Crippen molar-refractivity contribution >= 4 is 44.6 Å². The molecule has 0 spiro atoms. The Bertz CT molecular complexity index is 680. The number of hydrogen-bond donors (Lipinski definition) is 0. The second-order valence-electron chi connectivity index (χ2n) is 4.13. The van der Waals surface area contributed by atoms with E-state index in [0.29, 0.717) is 0 Å². The lowest BCUT2D eigenvalue weighted by Gasteiger charge is -2.08. The lowest BCUT2D eigenvalue weighted by atomic mass is 10.0. The summed E-state index contributed by atoms with van der Waals surface area (Å²) in [6, 6.07) is 14.1. The molecule has 0 aliphatic carbocycles. The minimum absolute atomic E-state index is 0.732. The van der Waals surface area contributed by atoms with Crippen LogP contribution in [0.3, 0.4) is 0 Å². The van der Waals surface area contributed by atoms with E-state index in [4.69, 9.17) is 23.2 Å². The molecule has 3 aromatic rings. The molecule has 0 saturated carbocycles. The van der Waals surface area contributed by atoms with Crippen molar-refractivity contribution in [3.63, 3.8) is 0 Å². The molecule has 3 rings (SSSR count). The minimum atomic E-state index is 0.732. The zero-order chi connectivity index (χ0) is 12.5. The molecule has 0 unspecified atom stereocenters. The van der Waals surface area contributed by atoms with Crippen LogP contribution in [0.25, 0.3) is 10.1 Å². The van der Waals surface area contributed by atoms with Crippen LogP contribution in [-0.4, -0.2) is 0 Å². The van der Waals surface area contributed by atoms with E-state index in [1.54, 1.807) is 11.3 Å². The Labute approximate surface area is 120 Å². The number of thiophene rings is 1. The fraction of sp³-hybridized carbons (Fsp3) is 0.0667. The molecule has 0 saturated heterocycles. The van der Waals surface area contributed by atoms with Crippen molar-refractivity contribution in [3.8, 4) is 0 Å². The third-order valence-corrected chi connectivity index (χ3v) is 4.70. The van der Waals surface area contributed by atoms with Gasteiger partial charge in [0.05, 0.1) is 0 Å². The van der Waals surface area contributed by atoms with Crippen molar-refractivity contribution in [3.05, 3.63) is 69.0 Å². The van der Waals surface area contributed by atoms with Crippen LogP contribution in [0.15, 0.2) is 47.8 Å². The predicted molar refractivity (Wildman–Crippen MR) is 81.1 cm³/mol. The third-order valence-electron chi connectivity index (χ3n) is 2.99. The van der Waals surface area contributed by atoms with Gasteiger partial charge >= 0.3 is 0 Å². The van der Waals surface area contributed by atoms with Crippen molar-refractivity contribution in [2.75, 3.05) is 0 Å². The highest BCUT2D eigenvalue weighted by molar-refractivity contribution is 7.17. The average Bonchev–Trinajstić information content (AvgIpc) is 2.83. The quantitative estimate of drug-likeness (QED) is 0.560. The van der Waals surface area contributed by atoms with Crippen LogP contribution >= 0.6 is 34.5 Å². The van der Waals surface area contributed by atoms with E-state index >= 15 is 0 Å². The molecule has 0 N–H and O–H groups in total. The summed E-state index contributed by atoms with van der Waals surface area (Å²) in [4.78, 5) is 0. The minimum Gasteiger partial charge on any atom is -0.144 e. The van der Waals surface area contributed by atoms with Gasteiger partial charge in [-0.15, -0.1) is 11.3 Å². The molecule has 90 valence electrons. The summed E-state index contributed by atoms with van der Waals surface area (Å²) >= 11 is 14.2. The summed E-state index contributed by atoms with van der Waals surface area (Å²) in [5, 5.41) is 4.86. The van der Waals surface area contributed by atoms with E-state index in [9.17, 15) is 0 Å². The number of fused-ring (bicyclic) bond motifs is 1. The predicted octanol–water partition coefficient (Wildman–Crippen LogP) is 5.80. The van der Waals surface area contributed by atoms with Crippen LogP contribution in [0, 0.1) is 0 Å². The molecular weight excluding hydrogens is 283 g/mol. The maximum absolute atomic E-state index is 6.22. The Balaban J connectivity index is 2.09. The van der Waals surface area contributed by atoms with E-state index in [1.807, 2.05) is 18.2 Å². The lowest BCUT2D eigenvalue weighted by molar-refractivity contribution is 1.22. The molecule has 0 atom stereocenters. The van der Waals surface area contributed by atoms with Gasteiger partial charge in [-0.2, -0.15) is 0 Å². The second kappa shape index (κ2) is 4.93. The monoisotopic (exact) mass is 292 g/mol. The van der Waals surface area contributed by atoms with Gasteiger partial charge in [-0.25, -0.2) is 0 Å². The second-order valence-corrected chi connectivity index (χ2v) is 5.86. The van der Waals surface area contributed by atoms with Gasteiger partial charge in [0.15, 0.2) is 0 Å². The third kappa shape index (κ3) is 2.14. The van der Waals surface area contributed by atoms with E-state index in [1.165, 1.54) is 15.6 Å². The van der Waals surface area contributed by atoms with Crippen LogP contribution < -0.4 is 0 Å². The van der Waals surface area contributed by atoms with Gasteiger partial charge in [-0.1, -0.05) is 47.5 Å². The molecule has 0 aliphatic rings. The average molecular weight is 293 g/mol. The molecule has 18 heavy (non-hydrogen) atoms. The summed E-state index contributed by atoms with van der Waals surface area (Å²) in [6.07, 6.45) is 0.774. The standard InChI is InChI=1S/C15H10Cl2S/c16-13-5-2-6-14(17)12(13)9-11-4-1-3-10-7-8-18-15(10)11/h1-8H,9H2. The molecule has 2 aromatic carbocycles. The number of rotatable bonds is 2. The summed E-state index contributed by atoms with van der Waals surface area (Å²) in [6.45, 7) is 0. The number of hydrogen-bond acceptors (Lipinski definition) is 1. The van der Waals surface area contributed by atoms with E-state index in [-0.39, 0.29) is 0 Å². The zero-order valence-corrected chi connectivity index (χ0v) is 11.8. The molecule has 0 fully saturated rings. The first kappa shape index (κ1) is 12.0. The summed E-state index contributed by atoms with van der Waals surface area (Å²) in [7, 11) is 0. The lowest BCUT2D eigenvalue weighted by Crippen LogP contribution is -1.91. The fourth-order valence-corrected chi connectivity index (χ4v) is 3.53. The highest BCUT2D eigenvalue weighted by Crippen LogP contribution is 2.31. The van der Waals surface area contributed by atoms with E-state index in [2.05, 4.69) is 29.6 Å². The summed E-state index contributed by atoms with van der Waals surface area (Å²) in [5.74, 6) is 0. The first-order valence-electron chi connectivity index (χ1n) is 5.63. The van der Waals surface area contributed by atoms with E-state index < -0.39 is 0 Å². The topological polar surface area (TPSA) is 0 Å². The molecule has 0 radical (unpaired) electrons. The molecule has 0 nitrogen and oxygen atoms in total. The van der Waals surface area contributed by atoms with Crippen molar-refractivity contribution in [2.24, 2.45) is 0 Å². The van der Waals surface area contributed by atoms with Crippen molar-refractivity contribution in [1.29, 1.82) is 0 Å². The Morgan fingerprint density at radius 2 is 1.61 bits per heavy atom. The van der Waals surface area contributed by atoms with Crippen LogP contribution in [0.1, 0.15) is 11.1 Å². The maximum Gasteiger partial charge on any atom is 0.0456 e. The van der Waals surface area contributed by atoms with Crippen molar-refractivity contribution in [2.45, 2.75) is 6.42 Å². The first-order chi connectivity index (χ1) is 8.75. The molecule has 1 aromatic heterocycles. The van der Waals surface area contributed by atoms with Gasteiger partial charge in [-0.3, -0.25) is 0 Å². The van der Waals surface area contributed by atoms with Gasteiger partial charge in [0, 0.05) is 21.2 Å². The molecular formula is C15H10Cl2S. The highest BCUT2D eigenvalue weighted by Gasteiger charge is 2.09. The van der Waals surface area contributed by atoms with E-state index in [0.717, 1.165) is 22.0 Å². The van der Waals surface area contributed by atoms with Gasteiger partial charge < -0.3 is 0 Å².